The summed E-state index contributed by atoms with van der Waals surface area (Å²) in [6, 6.07) is 0. The maximum Gasteiger partial charge on any atom is 0.281 e. The summed E-state index contributed by atoms with van der Waals surface area (Å²) in [7, 11) is 0. The van der Waals surface area contributed by atoms with Gasteiger partial charge < -0.3 is 23.7 Å². The predicted octanol–water partition coefficient (Wildman–Crippen LogP) is 3.50. The first-order chi connectivity index (χ1) is 12.1. The Kier molecular flexibility index (Phi) is 3.35. The first-order valence-corrected chi connectivity index (χ1v) is 9.70. The topological polar surface area (TPSA) is 46.2 Å². The minimum Gasteiger partial charge on any atom is -0.340 e. The van der Waals surface area contributed by atoms with E-state index in [-0.39, 0.29) is 30.1 Å². The molecule has 0 amide bonds. The van der Waals surface area contributed by atoms with E-state index in [1.165, 1.54) is 0 Å². The number of ether oxygens (including phenoxy) is 5. The van der Waals surface area contributed by atoms with E-state index in [1.54, 1.807) is 0 Å². The second-order valence-electron chi connectivity index (χ2n) is 9.35. The molecular weight excluding hydrogens is 332 g/mol. The molecule has 1 unspecified atom stereocenters. The molecule has 3 heterocycles. The molecule has 26 heavy (non-hydrogen) atoms. The highest BCUT2D eigenvalue weighted by molar-refractivity contribution is 5.32. The van der Waals surface area contributed by atoms with Crippen LogP contribution in [0.15, 0.2) is 24.3 Å². The van der Waals surface area contributed by atoms with Gasteiger partial charge in [-0.1, -0.05) is 24.6 Å². The van der Waals surface area contributed by atoms with E-state index < -0.39 is 23.0 Å². The molecule has 5 aliphatic rings. The third-order valence-corrected chi connectivity index (χ3v) is 6.62. The second kappa shape index (κ2) is 5.00. The zero-order valence-corrected chi connectivity index (χ0v) is 16.3. The van der Waals surface area contributed by atoms with Gasteiger partial charge in [-0.15, -0.1) is 6.58 Å². The lowest BCUT2D eigenvalue weighted by Crippen LogP contribution is -2.65. The lowest BCUT2D eigenvalue weighted by atomic mass is 9.62. The van der Waals surface area contributed by atoms with Crippen LogP contribution < -0.4 is 0 Å². The molecule has 5 heteroatoms. The van der Waals surface area contributed by atoms with Gasteiger partial charge in [0.25, 0.3) is 5.97 Å². The van der Waals surface area contributed by atoms with E-state index in [0.717, 1.165) is 18.4 Å². The van der Waals surface area contributed by atoms with E-state index >= 15 is 0 Å². The number of hydrogen-bond donors (Lipinski definition) is 0. The van der Waals surface area contributed by atoms with Crippen LogP contribution in [0.4, 0.5) is 0 Å². The average molecular weight is 361 g/mol. The van der Waals surface area contributed by atoms with Crippen LogP contribution in [-0.4, -0.2) is 41.3 Å². The molecule has 1 radical (unpaired) electrons. The summed E-state index contributed by atoms with van der Waals surface area (Å²) < 4.78 is 31.6. The van der Waals surface area contributed by atoms with Crippen LogP contribution in [0.2, 0.25) is 0 Å². The molecule has 143 valence electrons. The molecule has 5 nitrogen and oxygen atoms in total. The van der Waals surface area contributed by atoms with Gasteiger partial charge >= 0.3 is 0 Å². The van der Waals surface area contributed by atoms with Crippen molar-refractivity contribution >= 4 is 0 Å². The van der Waals surface area contributed by atoms with E-state index in [4.69, 9.17) is 23.7 Å². The number of hydrogen-bond acceptors (Lipinski definition) is 5. The molecule has 0 aromatic rings. The van der Waals surface area contributed by atoms with Crippen LogP contribution in [0, 0.1) is 18.3 Å². The maximum atomic E-state index is 6.63. The van der Waals surface area contributed by atoms with E-state index in [1.807, 2.05) is 20.8 Å². The summed E-state index contributed by atoms with van der Waals surface area (Å²) in [6.45, 7) is 14.3. The summed E-state index contributed by atoms with van der Waals surface area (Å²) in [5.41, 5.74) is 0.0649. The third-order valence-electron chi connectivity index (χ3n) is 6.62. The van der Waals surface area contributed by atoms with Crippen LogP contribution in [-0.2, 0) is 23.7 Å². The van der Waals surface area contributed by atoms with Crippen LogP contribution >= 0.6 is 0 Å². The van der Waals surface area contributed by atoms with Crippen molar-refractivity contribution in [3.05, 3.63) is 30.7 Å². The summed E-state index contributed by atoms with van der Waals surface area (Å²) >= 11 is 0. The van der Waals surface area contributed by atoms with Gasteiger partial charge in [-0.05, 0) is 33.1 Å². The Hall–Kier alpha value is -0.720. The molecule has 3 aliphatic heterocycles. The van der Waals surface area contributed by atoms with Crippen molar-refractivity contribution in [2.75, 3.05) is 0 Å². The lowest BCUT2D eigenvalue weighted by Gasteiger charge is -2.55. The molecule has 4 fully saturated rings. The quantitative estimate of drug-likeness (QED) is 0.720. The van der Waals surface area contributed by atoms with Gasteiger partial charge in [-0.25, -0.2) is 0 Å². The van der Waals surface area contributed by atoms with Gasteiger partial charge in [-0.2, -0.15) is 0 Å². The molecule has 5 rings (SSSR count). The van der Waals surface area contributed by atoms with Crippen molar-refractivity contribution in [3.63, 3.8) is 0 Å². The van der Waals surface area contributed by atoms with E-state index in [2.05, 4.69) is 39.0 Å². The summed E-state index contributed by atoms with van der Waals surface area (Å²) in [6.07, 6.45) is 8.18. The van der Waals surface area contributed by atoms with Gasteiger partial charge in [0.05, 0.1) is 17.8 Å². The van der Waals surface area contributed by atoms with Gasteiger partial charge in [0.2, 0.25) is 0 Å². The highest BCUT2D eigenvalue weighted by Gasteiger charge is 2.72. The van der Waals surface area contributed by atoms with Gasteiger partial charge in [0.1, 0.15) is 11.7 Å². The van der Waals surface area contributed by atoms with Crippen molar-refractivity contribution in [2.45, 2.75) is 88.7 Å². The molecular formula is C21H29O5. The van der Waals surface area contributed by atoms with Crippen molar-refractivity contribution in [3.8, 4) is 0 Å². The van der Waals surface area contributed by atoms with E-state index in [9.17, 15) is 0 Å². The molecule has 2 aliphatic carbocycles. The Bertz CT molecular complexity index is 686. The summed E-state index contributed by atoms with van der Waals surface area (Å²) in [5.74, 6) is -1.32. The van der Waals surface area contributed by atoms with Crippen molar-refractivity contribution in [2.24, 2.45) is 11.8 Å². The summed E-state index contributed by atoms with van der Waals surface area (Å²) in [5, 5.41) is 0. The second-order valence-corrected chi connectivity index (χ2v) is 9.35. The fourth-order valence-electron chi connectivity index (χ4n) is 5.96. The SMILES string of the molecule is C=C(C)C[C@]12OC(C)(C)O[C@H]1C=C[C@H]2[C@]12[CH][C@H]3OC(C)(O[C@H]3C[C@H]1C)O2. The highest BCUT2D eigenvalue weighted by atomic mass is 16.9. The van der Waals surface area contributed by atoms with Crippen LogP contribution in [0.25, 0.3) is 0 Å². The Labute approximate surface area is 155 Å². The predicted molar refractivity (Wildman–Crippen MR) is 94.9 cm³/mol. The lowest BCUT2D eigenvalue weighted by molar-refractivity contribution is -0.389. The molecule has 0 aromatic heterocycles. The Morgan fingerprint density at radius 1 is 1.12 bits per heavy atom. The monoisotopic (exact) mass is 361 g/mol. The zero-order valence-electron chi connectivity index (χ0n) is 16.3. The molecule has 3 saturated heterocycles. The average Bonchev–Trinajstić information content (AvgIpc) is 2.98. The van der Waals surface area contributed by atoms with Crippen LogP contribution in [0.5, 0.6) is 0 Å². The molecule has 0 spiro atoms. The third kappa shape index (κ3) is 2.15. The first-order valence-electron chi connectivity index (χ1n) is 9.70. The normalized spacial score (nSPS) is 56.1. The van der Waals surface area contributed by atoms with E-state index in [0.29, 0.717) is 0 Å². The largest absolute Gasteiger partial charge is 0.340 e. The highest BCUT2D eigenvalue weighted by Crippen LogP contribution is 2.62. The van der Waals surface area contributed by atoms with Gasteiger partial charge in [-0.3, -0.25) is 0 Å². The minimum atomic E-state index is -0.986. The Balaban J connectivity index is 1.60. The van der Waals surface area contributed by atoms with Crippen molar-refractivity contribution in [1.29, 1.82) is 0 Å². The maximum absolute atomic E-state index is 6.63. The summed E-state index contributed by atoms with van der Waals surface area (Å²) in [4.78, 5) is 0. The van der Waals surface area contributed by atoms with Crippen molar-refractivity contribution < 1.29 is 23.7 Å². The smallest absolute Gasteiger partial charge is 0.281 e. The van der Waals surface area contributed by atoms with Crippen LogP contribution in [0.1, 0.15) is 47.5 Å². The Morgan fingerprint density at radius 2 is 1.88 bits per heavy atom. The first kappa shape index (κ1) is 17.4. The molecule has 0 aromatic carbocycles. The van der Waals surface area contributed by atoms with Crippen molar-refractivity contribution in [1.82, 2.24) is 0 Å². The molecule has 0 N–H and O–H groups in total. The molecule has 8 atom stereocenters. The minimum absolute atomic E-state index is 0.0156. The number of rotatable bonds is 3. The standard InChI is InChI=1S/C21H29O5/c1-12(2)10-21-16(7-8-17(21)24-18(4,5)25-21)20-11-15-14(9-13(20)3)22-19(6,23-15)26-20/h7-8,11,13-17H,1,9-10H2,2-6H3/t13-,14+,15-,16+,17+,19?,20+,21-/m1/s1. The van der Waals surface area contributed by atoms with Crippen LogP contribution in [0.3, 0.4) is 0 Å². The molecule has 1 saturated carbocycles. The zero-order chi connectivity index (χ0) is 18.5. The fraction of sp³-hybridized carbons (Fsp3) is 0.762. The van der Waals surface area contributed by atoms with Gasteiger partial charge in [0.15, 0.2) is 5.79 Å². The fourth-order valence-corrected chi connectivity index (χ4v) is 5.96. The number of fused-ring (bicyclic) bond motifs is 3. The van der Waals surface area contributed by atoms with Gasteiger partial charge in [0, 0.05) is 25.7 Å². The Morgan fingerprint density at radius 3 is 2.62 bits per heavy atom. The molecule has 3 bridgehead atoms.